The summed E-state index contributed by atoms with van der Waals surface area (Å²) in [6.45, 7) is 1.16. The van der Waals surface area contributed by atoms with Crippen LogP contribution < -0.4 is 5.73 Å². The number of likely N-dealkylation sites (tertiary alicyclic amines) is 1. The number of nitro benzene ring substituents is 1. The summed E-state index contributed by atoms with van der Waals surface area (Å²) in [6.07, 6.45) is 1.50. The van der Waals surface area contributed by atoms with Crippen molar-refractivity contribution in [1.82, 2.24) is 4.90 Å². The molecule has 1 aliphatic rings. The van der Waals surface area contributed by atoms with Gasteiger partial charge in [0.2, 0.25) is 0 Å². The standard InChI is InChI=1S/C12H14ClN3O3/c13-10-2-1-8(7-11(10)16(18)19)12(17)15-5-3-9(14)4-6-15/h1-2,7,9H,3-6,14H2. The van der Waals surface area contributed by atoms with Gasteiger partial charge < -0.3 is 10.6 Å². The monoisotopic (exact) mass is 283 g/mol. The Balaban J connectivity index is 2.20. The lowest BCUT2D eigenvalue weighted by Crippen LogP contribution is -2.42. The van der Waals surface area contributed by atoms with E-state index >= 15 is 0 Å². The first-order valence-corrected chi connectivity index (χ1v) is 6.35. The average molecular weight is 284 g/mol. The van der Waals surface area contributed by atoms with E-state index in [1.165, 1.54) is 18.2 Å². The first-order chi connectivity index (χ1) is 8.99. The highest BCUT2D eigenvalue weighted by atomic mass is 35.5. The van der Waals surface area contributed by atoms with Crippen molar-refractivity contribution < 1.29 is 9.72 Å². The summed E-state index contributed by atoms with van der Waals surface area (Å²) in [7, 11) is 0. The molecule has 1 saturated heterocycles. The average Bonchev–Trinajstić information content (AvgIpc) is 2.39. The highest BCUT2D eigenvalue weighted by Gasteiger charge is 2.23. The van der Waals surface area contributed by atoms with Gasteiger partial charge in [-0.1, -0.05) is 11.6 Å². The third kappa shape index (κ3) is 3.02. The number of nitrogens with two attached hydrogens (primary N) is 1. The lowest BCUT2D eigenvalue weighted by molar-refractivity contribution is -0.384. The molecule has 2 rings (SSSR count). The molecule has 1 aromatic rings. The van der Waals surface area contributed by atoms with Crippen LogP contribution in [0.4, 0.5) is 5.69 Å². The fourth-order valence-electron chi connectivity index (χ4n) is 2.07. The van der Waals surface area contributed by atoms with Crippen LogP contribution in [0.3, 0.4) is 0 Å². The number of amides is 1. The number of halogens is 1. The molecule has 0 aliphatic carbocycles. The van der Waals surface area contributed by atoms with Crippen molar-refractivity contribution in [1.29, 1.82) is 0 Å². The Morgan fingerprint density at radius 1 is 1.42 bits per heavy atom. The van der Waals surface area contributed by atoms with Gasteiger partial charge in [0.1, 0.15) is 5.02 Å². The third-order valence-electron chi connectivity index (χ3n) is 3.22. The Hall–Kier alpha value is -1.66. The van der Waals surface area contributed by atoms with Crippen LogP contribution in [0.5, 0.6) is 0 Å². The third-order valence-corrected chi connectivity index (χ3v) is 3.54. The van der Waals surface area contributed by atoms with Gasteiger partial charge in [-0.2, -0.15) is 0 Å². The minimum Gasteiger partial charge on any atom is -0.339 e. The van der Waals surface area contributed by atoms with E-state index < -0.39 is 4.92 Å². The molecule has 0 radical (unpaired) electrons. The number of nitro groups is 1. The van der Waals surface area contributed by atoms with E-state index in [4.69, 9.17) is 17.3 Å². The molecule has 19 heavy (non-hydrogen) atoms. The number of carbonyl (C=O) groups excluding carboxylic acids is 1. The van der Waals surface area contributed by atoms with Crippen molar-refractivity contribution in [2.24, 2.45) is 5.73 Å². The summed E-state index contributed by atoms with van der Waals surface area (Å²) in [5.41, 5.74) is 5.81. The highest BCUT2D eigenvalue weighted by Crippen LogP contribution is 2.26. The summed E-state index contributed by atoms with van der Waals surface area (Å²) < 4.78 is 0. The van der Waals surface area contributed by atoms with E-state index in [0.29, 0.717) is 13.1 Å². The molecule has 1 amide bonds. The largest absolute Gasteiger partial charge is 0.339 e. The molecule has 102 valence electrons. The first kappa shape index (κ1) is 13.8. The molecule has 0 saturated carbocycles. The molecule has 2 N–H and O–H groups in total. The zero-order valence-corrected chi connectivity index (χ0v) is 11.0. The van der Waals surface area contributed by atoms with Crippen molar-refractivity contribution in [3.63, 3.8) is 0 Å². The lowest BCUT2D eigenvalue weighted by atomic mass is 10.0. The number of rotatable bonds is 2. The Labute approximate surface area is 115 Å². The van der Waals surface area contributed by atoms with Crippen LogP contribution in [0.1, 0.15) is 23.2 Å². The molecular weight excluding hydrogens is 270 g/mol. The Morgan fingerprint density at radius 2 is 2.05 bits per heavy atom. The molecule has 1 fully saturated rings. The van der Waals surface area contributed by atoms with E-state index in [1.54, 1.807) is 4.90 Å². The number of hydrogen-bond donors (Lipinski definition) is 1. The highest BCUT2D eigenvalue weighted by molar-refractivity contribution is 6.32. The van der Waals surface area contributed by atoms with E-state index in [1.807, 2.05) is 0 Å². The molecule has 0 aromatic heterocycles. The molecular formula is C12H14ClN3O3. The zero-order chi connectivity index (χ0) is 14.0. The van der Waals surface area contributed by atoms with Crippen molar-refractivity contribution >= 4 is 23.2 Å². The second-order valence-corrected chi connectivity index (χ2v) is 4.96. The summed E-state index contributed by atoms with van der Waals surface area (Å²) in [6, 6.07) is 4.23. The van der Waals surface area contributed by atoms with Crippen LogP contribution in [0.2, 0.25) is 5.02 Å². The molecule has 7 heteroatoms. The SMILES string of the molecule is NC1CCN(C(=O)c2ccc(Cl)c([N+](=O)[O-])c2)CC1. The second kappa shape index (κ2) is 5.54. The van der Waals surface area contributed by atoms with Crippen LogP contribution in [-0.4, -0.2) is 34.9 Å². The molecule has 0 unspecified atom stereocenters. The zero-order valence-electron chi connectivity index (χ0n) is 10.2. The van der Waals surface area contributed by atoms with Gasteiger partial charge in [0.15, 0.2) is 0 Å². The van der Waals surface area contributed by atoms with Gasteiger partial charge in [0.05, 0.1) is 4.92 Å². The van der Waals surface area contributed by atoms with Crippen LogP contribution >= 0.6 is 11.6 Å². The van der Waals surface area contributed by atoms with Gasteiger partial charge in [-0.3, -0.25) is 14.9 Å². The van der Waals surface area contributed by atoms with Crippen molar-refractivity contribution in [3.05, 3.63) is 38.9 Å². The molecule has 1 heterocycles. The lowest BCUT2D eigenvalue weighted by Gasteiger charge is -2.30. The van der Waals surface area contributed by atoms with Crippen molar-refractivity contribution in [3.8, 4) is 0 Å². The number of benzene rings is 1. The molecule has 6 nitrogen and oxygen atoms in total. The van der Waals surface area contributed by atoms with Crippen LogP contribution in [0.25, 0.3) is 0 Å². The Kier molecular flexibility index (Phi) is 4.01. The molecule has 0 spiro atoms. The fraction of sp³-hybridized carbons (Fsp3) is 0.417. The number of hydrogen-bond acceptors (Lipinski definition) is 4. The summed E-state index contributed by atoms with van der Waals surface area (Å²) >= 11 is 5.72. The predicted molar refractivity (Wildman–Crippen MR) is 71.2 cm³/mol. The molecule has 0 atom stereocenters. The van der Waals surface area contributed by atoms with Crippen molar-refractivity contribution in [2.45, 2.75) is 18.9 Å². The number of carbonyl (C=O) groups is 1. The normalized spacial score (nSPS) is 16.4. The van der Waals surface area contributed by atoms with E-state index in [2.05, 4.69) is 0 Å². The van der Waals surface area contributed by atoms with Gasteiger partial charge >= 0.3 is 0 Å². The Morgan fingerprint density at radius 3 is 2.63 bits per heavy atom. The van der Waals surface area contributed by atoms with Gasteiger partial charge in [0, 0.05) is 30.8 Å². The second-order valence-electron chi connectivity index (χ2n) is 4.55. The maximum absolute atomic E-state index is 12.2. The van der Waals surface area contributed by atoms with E-state index in [9.17, 15) is 14.9 Å². The summed E-state index contributed by atoms with van der Waals surface area (Å²) in [4.78, 5) is 24.1. The fourth-order valence-corrected chi connectivity index (χ4v) is 2.26. The molecule has 1 aliphatic heterocycles. The summed E-state index contributed by atoms with van der Waals surface area (Å²) in [5.74, 6) is -0.216. The quantitative estimate of drug-likeness (QED) is 0.662. The predicted octanol–water partition coefficient (Wildman–Crippen LogP) is 1.81. The van der Waals surface area contributed by atoms with Gasteiger partial charge in [-0.25, -0.2) is 0 Å². The number of nitrogens with zero attached hydrogens (tertiary/aromatic N) is 2. The minimum atomic E-state index is -0.592. The van der Waals surface area contributed by atoms with Crippen LogP contribution in [0, 0.1) is 10.1 Å². The maximum Gasteiger partial charge on any atom is 0.288 e. The van der Waals surface area contributed by atoms with Gasteiger partial charge in [-0.15, -0.1) is 0 Å². The van der Waals surface area contributed by atoms with Gasteiger partial charge in [0.25, 0.3) is 11.6 Å². The summed E-state index contributed by atoms with van der Waals surface area (Å²) in [5, 5.41) is 10.8. The van der Waals surface area contributed by atoms with Crippen LogP contribution in [0.15, 0.2) is 18.2 Å². The molecule has 0 bridgehead atoms. The first-order valence-electron chi connectivity index (χ1n) is 5.98. The smallest absolute Gasteiger partial charge is 0.288 e. The van der Waals surface area contributed by atoms with E-state index in [-0.39, 0.29) is 28.2 Å². The molecule has 1 aromatic carbocycles. The Bertz CT molecular complexity index is 513. The topological polar surface area (TPSA) is 89.5 Å². The van der Waals surface area contributed by atoms with Crippen molar-refractivity contribution in [2.75, 3.05) is 13.1 Å². The van der Waals surface area contributed by atoms with Crippen LogP contribution in [-0.2, 0) is 0 Å². The van der Waals surface area contributed by atoms with E-state index in [0.717, 1.165) is 12.8 Å². The maximum atomic E-state index is 12.2. The minimum absolute atomic E-state index is 0.0298. The van der Waals surface area contributed by atoms with Gasteiger partial charge in [-0.05, 0) is 25.0 Å². The number of piperidine rings is 1.